The Hall–Kier alpha value is -1.10. The molecular formula is C3H9N5. The summed E-state index contributed by atoms with van der Waals surface area (Å²) >= 11 is 0. The summed E-state index contributed by atoms with van der Waals surface area (Å²) in [6, 6.07) is 0. The molecule has 5 heteroatoms. The Balaban J connectivity index is 0. The second-order valence-electron chi connectivity index (χ2n) is 0.708. The summed E-state index contributed by atoms with van der Waals surface area (Å²) in [6.07, 6.45) is 2.93. The van der Waals surface area contributed by atoms with E-state index in [0.29, 0.717) is 0 Å². The Morgan fingerprint density at radius 3 is 1.38 bits per heavy atom. The average Bonchev–Trinajstić information content (AvgIpc) is 1.72. The summed E-state index contributed by atoms with van der Waals surface area (Å²) in [5, 5.41) is 13.1. The zero-order valence-electron chi connectivity index (χ0n) is 3.65. The first-order valence-electron chi connectivity index (χ1n) is 1.45. The lowest BCUT2D eigenvalue weighted by atomic mass is 11.0. The van der Waals surface area contributed by atoms with E-state index in [2.05, 4.69) is 20.6 Å². The number of nitrogens with zero attached hydrogens (tertiary/aromatic N) is 4. The van der Waals surface area contributed by atoms with Crippen molar-refractivity contribution in [1.29, 1.82) is 0 Å². The van der Waals surface area contributed by atoms with Gasteiger partial charge in [-0.25, -0.2) is 0 Å². The van der Waals surface area contributed by atoms with Crippen LogP contribution in [0.2, 0.25) is 0 Å². The summed E-state index contributed by atoms with van der Waals surface area (Å²) in [5.74, 6) is 0. The first kappa shape index (κ1) is 10.0. The minimum absolute atomic E-state index is 0. The zero-order chi connectivity index (χ0) is 4.24. The van der Waals surface area contributed by atoms with E-state index in [4.69, 9.17) is 0 Å². The molecule has 0 unspecified atom stereocenters. The Morgan fingerprint density at radius 2 is 1.25 bits per heavy atom. The van der Waals surface area contributed by atoms with Crippen molar-refractivity contribution in [3.8, 4) is 0 Å². The first-order chi connectivity index (χ1) is 3.00. The molecule has 0 spiro atoms. The zero-order valence-corrected chi connectivity index (χ0v) is 3.65. The third-order valence-electron chi connectivity index (χ3n) is 0.343. The third kappa shape index (κ3) is 3.10. The van der Waals surface area contributed by atoms with Gasteiger partial charge in [-0.2, -0.15) is 0 Å². The van der Waals surface area contributed by atoms with Gasteiger partial charge in [0.05, 0.1) is 12.4 Å². The van der Waals surface area contributed by atoms with Crippen molar-refractivity contribution in [3.05, 3.63) is 12.4 Å². The van der Waals surface area contributed by atoms with E-state index in [-0.39, 0.29) is 13.6 Å². The van der Waals surface area contributed by atoms with Crippen LogP contribution in [0.1, 0.15) is 7.43 Å². The topological polar surface area (TPSA) is 86.6 Å². The van der Waals surface area contributed by atoms with Crippen molar-refractivity contribution < 1.29 is 0 Å². The van der Waals surface area contributed by atoms with Crippen LogP contribution in [0.5, 0.6) is 0 Å². The van der Waals surface area contributed by atoms with Gasteiger partial charge in [-0.3, -0.25) is 0 Å². The lowest BCUT2D eigenvalue weighted by Gasteiger charge is -1.67. The maximum Gasteiger partial charge on any atom is 0.0716 e. The first-order valence-corrected chi connectivity index (χ1v) is 1.45. The molecule has 1 rings (SSSR count). The van der Waals surface area contributed by atoms with Gasteiger partial charge in [-0.05, 0) is 10.4 Å². The van der Waals surface area contributed by atoms with Crippen molar-refractivity contribution >= 4 is 0 Å². The summed E-state index contributed by atoms with van der Waals surface area (Å²) in [6.45, 7) is 0. The molecule has 1 aromatic heterocycles. The molecule has 0 amide bonds. The molecule has 5 nitrogen and oxygen atoms in total. The van der Waals surface area contributed by atoms with Crippen LogP contribution in [-0.2, 0) is 0 Å². The van der Waals surface area contributed by atoms with Gasteiger partial charge in [0.25, 0.3) is 0 Å². The average molecular weight is 115 g/mol. The summed E-state index contributed by atoms with van der Waals surface area (Å²) in [4.78, 5) is 0. The predicted octanol–water partition coefficient (Wildman–Crippen LogP) is 0.0647. The third-order valence-corrected chi connectivity index (χ3v) is 0.343. The van der Waals surface area contributed by atoms with E-state index in [1.165, 1.54) is 12.4 Å². The minimum atomic E-state index is 0. The summed E-state index contributed by atoms with van der Waals surface area (Å²) in [5.41, 5.74) is 0. The van der Waals surface area contributed by atoms with E-state index >= 15 is 0 Å². The normalized spacial score (nSPS) is 6.00. The standard InChI is InChI=1S/C2H2N4.CH4.H3N/c1-2-4-6-5-3-1;;/h1-2H;1H4;1H3. The molecule has 0 aliphatic rings. The van der Waals surface area contributed by atoms with E-state index in [0.717, 1.165) is 0 Å². The molecule has 3 N–H and O–H groups in total. The Morgan fingerprint density at radius 1 is 0.875 bits per heavy atom. The smallest absolute Gasteiger partial charge is 0.0716 e. The van der Waals surface area contributed by atoms with E-state index in [1.807, 2.05) is 0 Å². The summed E-state index contributed by atoms with van der Waals surface area (Å²) < 4.78 is 0. The van der Waals surface area contributed by atoms with Gasteiger partial charge in [0.1, 0.15) is 0 Å². The van der Waals surface area contributed by atoms with Crippen molar-refractivity contribution in [2.24, 2.45) is 0 Å². The largest absolute Gasteiger partial charge is 0.344 e. The molecule has 1 heterocycles. The molecule has 0 saturated carbocycles. The van der Waals surface area contributed by atoms with Gasteiger partial charge in [0.15, 0.2) is 0 Å². The molecule has 0 bridgehead atoms. The second kappa shape index (κ2) is 5.90. The molecule has 0 aliphatic carbocycles. The van der Waals surface area contributed by atoms with Gasteiger partial charge in [-0.1, -0.05) is 7.43 Å². The minimum Gasteiger partial charge on any atom is -0.344 e. The molecular weight excluding hydrogens is 106 g/mol. The van der Waals surface area contributed by atoms with Crippen LogP contribution in [-0.4, -0.2) is 20.6 Å². The van der Waals surface area contributed by atoms with E-state index < -0.39 is 0 Å². The number of aromatic nitrogens is 4. The monoisotopic (exact) mass is 115 g/mol. The fraction of sp³-hybridized carbons (Fsp3) is 0.333. The van der Waals surface area contributed by atoms with Crippen LogP contribution >= 0.6 is 0 Å². The van der Waals surface area contributed by atoms with Gasteiger partial charge in [-0.15, -0.1) is 10.2 Å². The van der Waals surface area contributed by atoms with E-state index in [1.54, 1.807) is 0 Å². The molecule has 0 aromatic carbocycles. The fourth-order valence-corrected chi connectivity index (χ4v) is 0.165. The Labute approximate surface area is 47.7 Å². The number of hydrogen-bond donors (Lipinski definition) is 1. The number of hydrogen-bond acceptors (Lipinski definition) is 5. The Kier molecular flexibility index (Phi) is 7.38. The molecule has 1 aromatic rings. The van der Waals surface area contributed by atoms with Crippen molar-refractivity contribution in [2.45, 2.75) is 7.43 Å². The highest BCUT2D eigenvalue weighted by Gasteiger charge is 1.61. The highest BCUT2D eigenvalue weighted by molar-refractivity contribution is 4.52. The van der Waals surface area contributed by atoms with E-state index in [9.17, 15) is 0 Å². The molecule has 0 saturated heterocycles. The van der Waals surface area contributed by atoms with Crippen LogP contribution in [0.3, 0.4) is 0 Å². The molecule has 0 aliphatic heterocycles. The molecule has 0 fully saturated rings. The van der Waals surface area contributed by atoms with Crippen LogP contribution in [0.4, 0.5) is 0 Å². The maximum absolute atomic E-state index is 3.36. The molecule has 46 valence electrons. The maximum atomic E-state index is 3.36. The fourth-order valence-electron chi connectivity index (χ4n) is 0.165. The van der Waals surface area contributed by atoms with Crippen LogP contribution in [0.25, 0.3) is 0 Å². The molecule has 0 radical (unpaired) electrons. The quantitative estimate of drug-likeness (QED) is 0.516. The lowest BCUT2D eigenvalue weighted by Crippen LogP contribution is -1.84. The van der Waals surface area contributed by atoms with Gasteiger partial charge >= 0.3 is 0 Å². The van der Waals surface area contributed by atoms with Crippen molar-refractivity contribution in [1.82, 2.24) is 26.8 Å². The van der Waals surface area contributed by atoms with Gasteiger partial charge < -0.3 is 6.15 Å². The highest BCUT2D eigenvalue weighted by Crippen LogP contribution is 1.53. The van der Waals surface area contributed by atoms with Crippen molar-refractivity contribution in [2.75, 3.05) is 0 Å². The van der Waals surface area contributed by atoms with Gasteiger partial charge in [0.2, 0.25) is 0 Å². The Bertz CT molecular complexity index is 79.6. The molecule has 0 atom stereocenters. The van der Waals surface area contributed by atoms with Crippen LogP contribution in [0, 0.1) is 0 Å². The summed E-state index contributed by atoms with van der Waals surface area (Å²) in [7, 11) is 0. The van der Waals surface area contributed by atoms with Crippen LogP contribution < -0.4 is 6.15 Å². The second-order valence-corrected chi connectivity index (χ2v) is 0.708. The predicted molar refractivity (Wildman–Crippen MR) is 29.4 cm³/mol. The van der Waals surface area contributed by atoms with Gasteiger partial charge in [0, 0.05) is 0 Å². The SMILES string of the molecule is C.N.c1cnnnn1. The lowest BCUT2D eigenvalue weighted by molar-refractivity contribution is 0.761. The highest BCUT2D eigenvalue weighted by atomic mass is 15.4. The molecule has 8 heavy (non-hydrogen) atoms. The number of rotatable bonds is 0. The van der Waals surface area contributed by atoms with Crippen LogP contribution in [0.15, 0.2) is 12.4 Å². The van der Waals surface area contributed by atoms with Crippen molar-refractivity contribution in [3.63, 3.8) is 0 Å².